The second-order valence-electron chi connectivity index (χ2n) is 5.61. The van der Waals surface area contributed by atoms with E-state index < -0.39 is 10.0 Å². The fourth-order valence-corrected chi connectivity index (χ4v) is 3.00. The Morgan fingerprint density at radius 2 is 1.91 bits per heavy atom. The molecule has 1 saturated heterocycles. The molecule has 6 nitrogen and oxygen atoms in total. The zero-order valence-corrected chi connectivity index (χ0v) is 13.7. The Morgan fingerprint density at radius 1 is 1.23 bits per heavy atom. The summed E-state index contributed by atoms with van der Waals surface area (Å²) in [6.07, 6.45) is 3.65. The third-order valence-electron chi connectivity index (χ3n) is 3.60. The highest BCUT2D eigenvalue weighted by Gasteiger charge is 2.14. The van der Waals surface area contributed by atoms with Crippen molar-refractivity contribution >= 4 is 21.6 Å². The maximum absolute atomic E-state index is 11.9. The van der Waals surface area contributed by atoms with Crippen LogP contribution in [0.3, 0.4) is 0 Å². The second-order valence-corrected chi connectivity index (χ2v) is 7.44. The van der Waals surface area contributed by atoms with Crippen LogP contribution in [-0.4, -0.2) is 45.1 Å². The van der Waals surface area contributed by atoms with Crippen LogP contribution in [0.1, 0.15) is 24.8 Å². The SMILES string of the molecule is CS(=O)(=O)NCCC(=O)Nc1ccccc1CN1CCCC1. The largest absolute Gasteiger partial charge is 0.326 e. The molecule has 1 fully saturated rings. The number of nitrogens with one attached hydrogen (secondary N) is 2. The summed E-state index contributed by atoms with van der Waals surface area (Å²) in [5.41, 5.74) is 1.90. The van der Waals surface area contributed by atoms with Gasteiger partial charge in [0.15, 0.2) is 0 Å². The summed E-state index contributed by atoms with van der Waals surface area (Å²) in [6, 6.07) is 7.75. The second kappa shape index (κ2) is 7.71. The number of sulfonamides is 1. The van der Waals surface area contributed by atoms with E-state index in [1.54, 1.807) is 0 Å². The topological polar surface area (TPSA) is 78.5 Å². The molecular weight excluding hydrogens is 302 g/mol. The van der Waals surface area contributed by atoms with E-state index in [1.165, 1.54) is 12.8 Å². The minimum Gasteiger partial charge on any atom is -0.326 e. The molecule has 122 valence electrons. The third-order valence-corrected chi connectivity index (χ3v) is 4.33. The lowest BCUT2D eigenvalue weighted by Crippen LogP contribution is -2.27. The van der Waals surface area contributed by atoms with Crippen molar-refractivity contribution in [2.45, 2.75) is 25.8 Å². The first-order chi connectivity index (χ1) is 10.4. The maximum Gasteiger partial charge on any atom is 0.225 e. The molecular formula is C15H23N3O3S. The number of para-hydroxylation sites is 1. The van der Waals surface area contributed by atoms with Crippen molar-refractivity contribution in [3.63, 3.8) is 0 Å². The van der Waals surface area contributed by atoms with E-state index in [2.05, 4.69) is 14.9 Å². The molecule has 1 aliphatic rings. The molecule has 0 aromatic heterocycles. The van der Waals surface area contributed by atoms with Crippen molar-refractivity contribution in [3.05, 3.63) is 29.8 Å². The molecule has 0 unspecified atom stereocenters. The van der Waals surface area contributed by atoms with Crippen LogP contribution in [0.2, 0.25) is 0 Å². The van der Waals surface area contributed by atoms with E-state index in [4.69, 9.17) is 0 Å². The normalized spacial score (nSPS) is 15.9. The molecule has 1 aliphatic heterocycles. The van der Waals surface area contributed by atoms with Gasteiger partial charge >= 0.3 is 0 Å². The Bertz CT molecular complexity index is 610. The van der Waals surface area contributed by atoms with Crippen LogP contribution in [0.25, 0.3) is 0 Å². The first kappa shape index (κ1) is 16.9. The molecule has 0 atom stereocenters. The number of carbonyl (C=O) groups is 1. The smallest absolute Gasteiger partial charge is 0.225 e. The van der Waals surface area contributed by atoms with Crippen LogP contribution in [-0.2, 0) is 21.4 Å². The summed E-state index contributed by atoms with van der Waals surface area (Å²) >= 11 is 0. The molecule has 2 N–H and O–H groups in total. The van der Waals surface area contributed by atoms with E-state index in [-0.39, 0.29) is 18.9 Å². The van der Waals surface area contributed by atoms with E-state index in [1.807, 2.05) is 24.3 Å². The average molecular weight is 325 g/mol. The van der Waals surface area contributed by atoms with Gasteiger partial charge in [-0.15, -0.1) is 0 Å². The van der Waals surface area contributed by atoms with Crippen LogP contribution in [0.15, 0.2) is 24.3 Å². The Balaban J connectivity index is 1.89. The van der Waals surface area contributed by atoms with E-state index in [0.717, 1.165) is 37.1 Å². The fourth-order valence-electron chi connectivity index (χ4n) is 2.52. The lowest BCUT2D eigenvalue weighted by Gasteiger charge is -2.17. The number of rotatable bonds is 7. The standard InChI is InChI=1S/C15H23N3O3S/c1-22(20,21)16-9-8-15(19)17-14-7-3-2-6-13(14)12-18-10-4-5-11-18/h2-3,6-7,16H,4-5,8-12H2,1H3,(H,17,19). The number of anilines is 1. The van der Waals surface area contributed by atoms with E-state index in [0.29, 0.717) is 0 Å². The van der Waals surface area contributed by atoms with Gasteiger partial charge in [0.2, 0.25) is 15.9 Å². The maximum atomic E-state index is 11.9. The van der Waals surface area contributed by atoms with Crippen LogP contribution in [0, 0.1) is 0 Å². The van der Waals surface area contributed by atoms with Crippen molar-refractivity contribution in [2.75, 3.05) is 31.2 Å². The lowest BCUT2D eigenvalue weighted by atomic mass is 10.1. The Kier molecular flexibility index (Phi) is 5.93. The molecule has 1 aromatic carbocycles. The average Bonchev–Trinajstić information content (AvgIpc) is 2.92. The zero-order chi connectivity index (χ0) is 16.0. The highest BCUT2D eigenvalue weighted by Crippen LogP contribution is 2.20. The third kappa shape index (κ3) is 5.75. The zero-order valence-electron chi connectivity index (χ0n) is 12.8. The molecule has 0 spiro atoms. The van der Waals surface area contributed by atoms with Crippen molar-refractivity contribution in [3.8, 4) is 0 Å². The van der Waals surface area contributed by atoms with Gasteiger partial charge in [-0.2, -0.15) is 0 Å². The summed E-state index contributed by atoms with van der Waals surface area (Å²) < 4.78 is 24.3. The Morgan fingerprint density at radius 3 is 2.59 bits per heavy atom. The molecule has 0 saturated carbocycles. The molecule has 0 aliphatic carbocycles. The Hall–Kier alpha value is -1.44. The van der Waals surface area contributed by atoms with Crippen molar-refractivity contribution in [2.24, 2.45) is 0 Å². The first-order valence-corrected chi connectivity index (χ1v) is 9.38. The van der Waals surface area contributed by atoms with Gasteiger partial charge in [0.1, 0.15) is 0 Å². The van der Waals surface area contributed by atoms with Crippen LogP contribution in [0.5, 0.6) is 0 Å². The first-order valence-electron chi connectivity index (χ1n) is 7.49. The van der Waals surface area contributed by atoms with Gasteiger partial charge < -0.3 is 5.32 Å². The monoisotopic (exact) mass is 325 g/mol. The quantitative estimate of drug-likeness (QED) is 0.788. The summed E-state index contributed by atoms with van der Waals surface area (Å²) in [5, 5.41) is 2.87. The summed E-state index contributed by atoms with van der Waals surface area (Å²) in [6.45, 7) is 3.14. The van der Waals surface area contributed by atoms with Gasteiger partial charge in [-0.05, 0) is 37.6 Å². The molecule has 1 heterocycles. The minimum absolute atomic E-state index is 0.110. The number of benzene rings is 1. The van der Waals surface area contributed by atoms with Gasteiger partial charge in [-0.25, -0.2) is 13.1 Å². The highest BCUT2D eigenvalue weighted by atomic mass is 32.2. The van der Waals surface area contributed by atoms with Gasteiger partial charge in [0.25, 0.3) is 0 Å². The summed E-state index contributed by atoms with van der Waals surface area (Å²) in [5.74, 6) is -0.190. The molecule has 0 radical (unpaired) electrons. The number of hydrogen-bond acceptors (Lipinski definition) is 4. The van der Waals surface area contributed by atoms with Crippen LogP contribution in [0.4, 0.5) is 5.69 Å². The fraction of sp³-hybridized carbons (Fsp3) is 0.533. The van der Waals surface area contributed by atoms with Crippen molar-refractivity contribution in [1.29, 1.82) is 0 Å². The summed E-state index contributed by atoms with van der Waals surface area (Å²) in [4.78, 5) is 14.3. The number of nitrogens with zero attached hydrogens (tertiary/aromatic N) is 1. The number of likely N-dealkylation sites (tertiary alicyclic amines) is 1. The van der Waals surface area contributed by atoms with Crippen molar-refractivity contribution in [1.82, 2.24) is 9.62 Å². The molecule has 1 aromatic rings. The van der Waals surface area contributed by atoms with E-state index in [9.17, 15) is 13.2 Å². The highest BCUT2D eigenvalue weighted by molar-refractivity contribution is 7.88. The lowest BCUT2D eigenvalue weighted by molar-refractivity contribution is -0.116. The molecule has 0 bridgehead atoms. The van der Waals surface area contributed by atoms with Gasteiger partial charge in [-0.1, -0.05) is 18.2 Å². The predicted octanol–water partition coefficient (Wildman–Crippen LogP) is 1.16. The molecule has 22 heavy (non-hydrogen) atoms. The predicted molar refractivity (Wildman–Crippen MR) is 87.0 cm³/mol. The number of amides is 1. The van der Waals surface area contributed by atoms with Gasteiger partial charge in [0, 0.05) is 25.2 Å². The van der Waals surface area contributed by atoms with Gasteiger partial charge in [-0.3, -0.25) is 9.69 Å². The van der Waals surface area contributed by atoms with E-state index >= 15 is 0 Å². The van der Waals surface area contributed by atoms with Gasteiger partial charge in [0.05, 0.1) is 6.26 Å². The summed E-state index contributed by atoms with van der Waals surface area (Å²) in [7, 11) is -3.25. The van der Waals surface area contributed by atoms with Crippen molar-refractivity contribution < 1.29 is 13.2 Å². The van der Waals surface area contributed by atoms with Crippen LogP contribution < -0.4 is 10.0 Å². The molecule has 2 rings (SSSR count). The molecule has 7 heteroatoms. The molecule has 1 amide bonds. The van der Waals surface area contributed by atoms with Crippen LogP contribution >= 0.6 is 0 Å². The Labute approximate surface area is 131 Å². The minimum atomic E-state index is -3.25. The number of hydrogen-bond donors (Lipinski definition) is 2. The number of carbonyl (C=O) groups excluding carboxylic acids is 1.